The molecule has 14 heavy (non-hydrogen) atoms. The molecule has 2 nitrogen and oxygen atoms in total. The van der Waals surface area contributed by atoms with Gasteiger partial charge in [-0.1, -0.05) is 27.7 Å². The van der Waals surface area contributed by atoms with E-state index in [9.17, 15) is 8.42 Å². The van der Waals surface area contributed by atoms with Crippen LogP contribution in [0.2, 0.25) is 0 Å². The molecule has 0 bridgehead atoms. The van der Waals surface area contributed by atoms with E-state index in [4.69, 9.17) is 0 Å². The summed E-state index contributed by atoms with van der Waals surface area (Å²) < 4.78 is 23.6. The van der Waals surface area contributed by atoms with Gasteiger partial charge in [-0.3, -0.25) is 8.42 Å². The predicted octanol–water partition coefficient (Wildman–Crippen LogP) is 2.08. The maximum atomic E-state index is 11.8. The Morgan fingerprint density at radius 2 is 0.857 bits per heavy atom. The quantitative estimate of drug-likeness (QED) is 0.735. The van der Waals surface area contributed by atoms with Crippen LogP contribution in [0.1, 0.15) is 41.5 Å². The molecule has 4 unspecified atom stereocenters. The largest absolute Gasteiger partial charge is 0.259 e. The van der Waals surface area contributed by atoms with Gasteiger partial charge in [-0.15, -0.1) is 0 Å². The second-order valence-electron chi connectivity index (χ2n) is 4.16. The van der Waals surface area contributed by atoms with Crippen LogP contribution in [-0.4, -0.2) is 29.4 Å². The summed E-state index contributed by atoms with van der Waals surface area (Å²) in [6.45, 7) is 11.6. The normalized spacial score (nSPS) is 20.9. The lowest BCUT2D eigenvalue weighted by molar-refractivity contribution is 0.648. The highest BCUT2D eigenvalue weighted by atomic mass is 32.2. The molecule has 0 spiro atoms. The van der Waals surface area contributed by atoms with Crippen molar-refractivity contribution in [2.75, 3.05) is 0 Å². The van der Waals surface area contributed by atoms with Crippen molar-refractivity contribution in [3.05, 3.63) is 0 Å². The molecule has 0 radical (unpaired) electrons. The van der Waals surface area contributed by atoms with Gasteiger partial charge in [0.2, 0.25) is 0 Å². The minimum Gasteiger partial charge on any atom is -0.259 e. The van der Waals surface area contributed by atoms with Crippen molar-refractivity contribution in [1.29, 1.82) is 0 Å². The summed E-state index contributed by atoms with van der Waals surface area (Å²) in [7, 11) is -1.75. The first-order valence-corrected chi connectivity index (χ1v) is 7.63. The van der Waals surface area contributed by atoms with Gasteiger partial charge >= 0.3 is 0 Å². The monoisotopic (exact) mass is 238 g/mol. The molecule has 0 rings (SSSR count). The summed E-state index contributed by atoms with van der Waals surface area (Å²) in [6.07, 6.45) is 0. The topological polar surface area (TPSA) is 34.1 Å². The van der Waals surface area contributed by atoms with E-state index >= 15 is 0 Å². The minimum absolute atomic E-state index is 0.0123. The molecule has 86 valence electrons. The standard InChI is InChI=1S/C10H22O2S2/c1-7(2)13(11)9(5)10(6)14(12)8(3)4/h7-10H,1-6H3. The van der Waals surface area contributed by atoms with Crippen molar-refractivity contribution in [2.24, 2.45) is 0 Å². The molecule has 0 amide bonds. The van der Waals surface area contributed by atoms with E-state index < -0.39 is 21.6 Å². The molecule has 0 saturated heterocycles. The average Bonchev–Trinajstić information content (AvgIpc) is 2.12. The molecular weight excluding hydrogens is 216 g/mol. The molecule has 0 heterocycles. The molecule has 4 heteroatoms. The minimum atomic E-state index is -0.877. The van der Waals surface area contributed by atoms with E-state index in [1.807, 2.05) is 41.5 Å². The fraction of sp³-hybridized carbons (Fsp3) is 1.00. The van der Waals surface area contributed by atoms with E-state index in [0.29, 0.717) is 0 Å². The third kappa shape index (κ3) is 3.81. The SMILES string of the molecule is CC(C)S(=O)C(C)C(C)S(=O)C(C)C. The highest BCUT2D eigenvalue weighted by Gasteiger charge is 2.26. The molecule has 0 aromatic heterocycles. The lowest BCUT2D eigenvalue weighted by Crippen LogP contribution is -2.35. The molecule has 0 aliphatic carbocycles. The number of rotatable bonds is 5. The van der Waals surface area contributed by atoms with Crippen LogP contribution in [0.15, 0.2) is 0 Å². The summed E-state index contributed by atoms with van der Waals surface area (Å²) in [5, 5.41) is 0.324. The van der Waals surface area contributed by atoms with Gasteiger partial charge in [-0.05, 0) is 13.8 Å². The molecule has 0 saturated carbocycles. The Balaban J connectivity index is 4.46. The predicted molar refractivity (Wildman–Crippen MR) is 65.5 cm³/mol. The zero-order chi connectivity index (χ0) is 11.5. The highest BCUT2D eigenvalue weighted by Crippen LogP contribution is 2.15. The molecule has 0 aliphatic heterocycles. The Kier molecular flexibility index (Phi) is 6.14. The first-order valence-electron chi connectivity index (χ1n) is 5.07. The van der Waals surface area contributed by atoms with Crippen LogP contribution in [0.25, 0.3) is 0 Å². The molecule has 0 aromatic rings. The van der Waals surface area contributed by atoms with Gasteiger partial charge in [0.25, 0.3) is 0 Å². The van der Waals surface area contributed by atoms with Crippen LogP contribution >= 0.6 is 0 Å². The van der Waals surface area contributed by atoms with Crippen molar-refractivity contribution in [3.63, 3.8) is 0 Å². The van der Waals surface area contributed by atoms with Crippen molar-refractivity contribution in [2.45, 2.75) is 62.5 Å². The van der Waals surface area contributed by atoms with E-state index in [2.05, 4.69) is 0 Å². The van der Waals surface area contributed by atoms with Crippen LogP contribution in [0, 0.1) is 0 Å². The van der Waals surface area contributed by atoms with Crippen LogP contribution in [0.5, 0.6) is 0 Å². The van der Waals surface area contributed by atoms with Gasteiger partial charge in [0.15, 0.2) is 0 Å². The lowest BCUT2D eigenvalue weighted by atomic mass is 10.4. The van der Waals surface area contributed by atoms with Crippen molar-refractivity contribution in [3.8, 4) is 0 Å². The molecule has 0 aromatic carbocycles. The fourth-order valence-corrected chi connectivity index (χ4v) is 4.37. The Hall–Kier alpha value is 0.300. The van der Waals surface area contributed by atoms with Crippen LogP contribution in [0.3, 0.4) is 0 Å². The zero-order valence-electron chi connectivity index (χ0n) is 9.94. The zero-order valence-corrected chi connectivity index (χ0v) is 11.6. The second kappa shape index (κ2) is 6.01. The van der Waals surface area contributed by atoms with Gasteiger partial charge in [-0.2, -0.15) is 0 Å². The molecule has 0 fully saturated rings. The molecule has 0 N–H and O–H groups in total. The third-order valence-corrected chi connectivity index (χ3v) is 6.64. The van der Waals surface area contributed by atoms with Gasteiger partial charge in [-0.25, -0.2) is 0 Å². The van der Waals surface area contributed by atoms with Crippen LogP contribution in [-0.2, 0) is 21.6 Å². The maximum Gasteiger partial charge on any atom is 0.0463 e. The maximum absolute atomic E-state index is 11.8. The summed E-state index contributed by atoms with van der Waals surface area (Å²) in [5.41, 5.74) is 0. The van der Waals surface area contributed by atoms with E-state index in [1.54, 1.807) is 0 Å². The summed E-state index contributed by atoms with van der Waals surface area (Å²) >= 11 is 0. The van der Waals surface area contributed by atoms with E-state index in [-0.39, 0.29) is 21.0 Å². The Labute approximate surface area is 92.8 Å². The summed E-state index contributed by atoms with van der Waals surface area (Å²) in [5.74, 6) is 0. The smallest absolute Gasteiger partial charge is 0.0463 e. The van der Waals surface area contributed by atoms with E-state index in [1.165, 1.54) is 0 Å². The lowest BCUT2D eigenvalue weighted by Gasteiger charge is -2.22. The molecular formula is C10H22O2S2. The van der Waals surface area contributed by atoms with E-state index in [0.717, 1.165) is 0 Å². The summed E-state index contributed by atoms with van der Waals surface area (Å²) in [6, 6.07) is 0. The molecule has 4 atom stereocenters. The third-order valence-electron chi connectivity index (χ3n) is 2.32. The average molecular weight is 238 g/mol. The van der Waals surface area contributed by atoms with Gasteiger partial charge in [0.1, 0.15) is 0 Å². The highest BCUT2D eigenvalue weighted by molar-refractivity contribution is 7.90. The van der Waals surface area contributed by atoms with Crippen LogP contribution < -0.4 is 0 Å². The molecule has 0 aliphatic rings. The Morgan fingerprint density at radius 3 is 1.00 bits per heavy atom. The Bertz CT molecular complexity index is 200. The number of hydrogen-bond acceptors (Lipinski definition) is 2. The van der Waals surface area contributed by atoms with Crippen molar-refractivity contribution < 1.29 is 8.42 Å². The summed E-state index contributed by atoms with van der Waals surface area (Å²) in [4.78, 5) is 0. The van der Waals surface area contributed by atoms with Crippen LogP contribution in [0.4, 0.5) is 0 Å². The van der Waals surface area contributed by atoms with Crippen molar-refractivity contribution in [1.82, 2.24) is 0 Å². The van der Waals surface area contributed by atoms with Gasteiger partial charge in [0.05, 0.1) is 0 Å². The number of hydrogen-bond donors (Lipinski definition) is 0. The van der Waals surface area contributed by atoms with Gasteiger partial charge in [0, 0.05) is 42.6 Å². The second-order valence-corrected chi connectivity index (χ2v) is 8.85. The first-order chi connectivity index (χ1) is 6.29. The fourth-order valence-electron chi connectivity index (χ4n) is 1.24. The van der Waals surface area contributed by atoms with Crippen molar-refractivity contribution >= 4 is 21.6 Å². The Morgan fingerprint density at radius 1 is 0.643 bits per heavy atom. The first kappa shape index (κ1) is 14.3. The van der Waals surface area contributed by atoms with Gasteiger partial charge < -0.3 is 0 Å².